The molecule has 0 bridgehead atoms. The van der Waals surface area contributed by atoms with Gasteiger partial charge in [0.1, 0.15) is 11.6 Å². The molecule has 4 rings (SSSR count). The van der Waals surface area contributed by atoms with E-state index in [9.17, 15) is 9.59 Å². The van der Waals surface area contributed by atoms with Gasteiger partial charge in [0.2, 0.25) is 0 Å². The molecular formula is C24H22ClN5O3. The van der Waals surface area contributed by atoms with Crippen LogP contribution >= 0.6 is 11.6 Å². The van der Waals surface area contributed by atoms with Crippen molar-refractivity contribution in [2.75, 3.05) is 6.61 Å². The van der Waals surface area contributed by atoms with Crippen LogP contribution in [0.2, 0.25) is 5.02 Å². The number of amides is 1. The standard InChI is InChI=1S/C24H22ClN5O3/c1-15-12-18(13-26-28-23(31)14-33-22-11-7-5-9-20(22)25)16(2)29(15)30-17(3)27-21-10-6-4-8-19(21)24(30)32/h4-13H,14H2,1-3H3,(H,28,31). The van der Waals surface area contributed by atoms with Gasteiger partial charge in [-0.05, 0) is 51.1 Å². The molecule has 0 saturated heterocycles. The van der Waals surface area contributed by atoms with E-state index in [0.29, 0.717) is 27.5 Å². The number of carbonyl (C=O) groups excluding carboxylic acids is 1. The Balaban J connectivity index is 1.53. The van der Waals surface area contributed by atoms with Crippen LogP contribution in [0.15, 0.2) is 64.5 Å². The van der Waals surface area contributed by atoms with Crippen molar-refractivity contribution in [1.82, 2.24) is 19.8 Å². The van der Waals surface area contributed by atoms with E-state index in [1.54, 1.807) is 46.6 Å². The number of rotatable bonds is 6. The van der Waals surface area contributed by atoms with Crippen molar-refractivity contribution in [2.24, 2.45) is 5.10 Å². The van der Waals surface area contributed by atoms with Gasteiger partial charge in [0.15, 0.2) is 6.61 Å². The van der Waals surface area contributed by atoms with Crippen LogP contribution in [-0.2, 0) is 4.79 Å². The maximum absolute atomic E-state index is 13.2. The Labute approximate surface area is 195 Å². The van der Waals surface area contributed by atoms with Gasteiger partial charge in [0, 0.05) is 17.0 Å². The number of carbonyl (C=O) groups is 1. The summed E-state index contributed by atoms with van der Waals surface area (Å²) in [6.45, 7) is 5.33. The van der Waals surface area contributed by atoms with E-state index in [2.05, 4.69) is 15.5 Å². The average molecular weight is 464 g/mol. The highest BCUT2D eigenvalue weighted by molar-refractivity contribution is 6.32. The zero-order valence-corrected chi connectivity index (χ0v) is 19.1. The molecule has 33 heavy (non-hydrogen) atoms. The van der Waals surface area contributed by atoms with Crippen molar-refractivity contribution in [3.63, 3.8) is 0 Å². The molecule has 9 heteroatoms. The predicted molar refractivity (Wildman–Crippen MR) is 128 cm³/mol. The van der Waals surface area contributed by atoms with Gasteiger partial charge >= 0.3 is 0 Å². The molecule has 168 valence electrons. The van der Waals surface area contributed by atoms with Crippen LogP contribution in [-0.4, -0.2) is 33.1 Å². The van der Waals surface area contributed by atoms with Crippen LogP contribution in [0.25, 0.3) is 10.9 Å². The number of aromatic nitrogens is 3. The number of hydrogen-bond donors (Lipinski definition) is 1. The summed E-state index contributed by atoms with van der Waals surface area (Å²) in [5.41, 5.74) is 5.28. The zero-order chi connectivity index (χ0) is 23.5. The summed E-state index contributed by atoms with van der Waals surface area (Å²) in [4.78, 5) is 29.8. The van der Waals surface area contributed by atoms with E-state index >= 15 is 0 Å². The number of hydrogen-bond acceptors (Lipinski definition) is 5. The van der Waals surface area contributed by atoms with E-state index in [0.717, 1.165) is 17.0 Å². The molecule has 0 aliphatic carbocycles. The fourth-order valence-corrected chi connectivity index (χ4v) is 3.79. The highest BCUT2D eigenvalue weighted by atomic mass is 35.5. The summed E-state index contributed by atoms with van der Waals surface area (Å²) in [6.07, 6.45) is 1.53. The Morgan fingerprint density at radius 2 is 1.85 bits per heavy atom. The van der Waals surface area contributed by atoms with E-state index < -0.39 is 5.91 Å². The van der Waals surface area contributed by atoms with Gasteiger partial charge in [-0.15, -0.1) is 0 Å². The predicted octanol–water partition coefficient (Wildman–Crippen LogP) is 3.62. The van der Waals surface area contributed by atoms with Crippen molar-refractivity contribution >= 4 is 34.6 Å². The number of hydrazone groups is 1. The summed E-state index contributed by atoms with van der Waals surface area (Å²) in [5, 5.41) is 4.99. The van der Waals surface area contributed by atoms with Gasteiger partial charge in [-0.3, -0.25) is 14.3 Å². The minimum absolute atomic E-state index is 0.159. The smallest absolute Gasteiger partial charge is 0.280 e. The normalized spacial score (nSPS) is 11.3. The Morgan fingerprint density at radius 1 is 1.12 bits per heavy atom. The van der Waals surface area contributed by atoms with Crippen LogP contribution in [0.3, 0.4) is 0 Å². The molecule has 0 atom stereocenters. The first kappa shape index (κ1) is 22.3. The highest BCUT2D eigenvalue weighted by Crippen LogP contribution is 2.22. The van der Waals surface area contributed by atoms with Gasteiger partial charge in [-0.2, -0.15) is 9.78 Å². The van der Waals surface area contributed by atoms with E-state index in [1.165, 1.54) is 6.21 Å². The van der Waals surface area contributed by atoms with Gasteiger partial charge in [0.05, 0.1) is 22.1 Å². The molecule has 0 unspecified atom stereocenters. The Morgan fingerprint density at radius 3 is 2.64 bits per heavy atom. The van der Waals surface area contributed by atoms with Crippen molar-refractivity contribution in [3.8, 4) is 5.75 Å². The third-order valence-electron chi connectivity index (χ3n) is 5.14. The van der Waals surface area contributed by atoms with Crippen molar-refractivity contribution < 1.29 is 9.53 Å². The molecule has 0 radical (unpaired) electrons. The maximum atomic E-state index is 13.2. The second-order valence-corrected chi connectivity index (χ2v) is 7.85. The summed E-state index contributed by atoms with van der Waals surface area (Å²) in [6, 6.07) is 16.0. The lowest BCUT2D eigenvalue weighted by Gasteiger charge is -2.16. The second kappa shape index (κ2) is 9.30. The van der Waals surface area contributed by atoms with Gasteiger partial charge in [-0.25, -0.2) is 10.4 Å². The number of fused-ring (bicyclic) bond motifs is 1. The van der Waals surface area contributed by atoms with Crippen molar-refractivity contribution in [2.45, 2.75) is 20.8 Å². The number of halogens is 1. The quantitative estimate of drug-likeness (QED) is 0.349. The molecule has 0 aliphatic rings. The number of aryl methyl sites for hydroxylation is 2. The molecule has 4 aromatic rings. The lowest BCUT2D eigenvalue weighted by molar-refractivity contribution is -0.123. The summed E-state index contributed by atoms with van der Waals surface area (Å²) < 4.78 is 8.74. The molecule has 1 amide bonds. The van der Waals surface area contributed by atoms with Crippen molar-refractivity contribution in [3.05, 3.63) is 92.7 Å². The molecule has 0 aliphatic heterocycles. The SMILES string of the molecule is Cc1cc(C=NNC(=O)COc2ccccc2Cl)c(C)n1-n1c(C)nc2ccccc2c1=O. The fourth-order valence-electron chi connectivity index (χ4n) is 3.60. The van der Waals surface area contributed by atoms with Crippen LogP contribution < -0.4 is 15.7 Å². The van der Waals surface area contributed by atoms with Crippen LogP contribution in [0.5, 0.6) is 5.75 Å². The summed E-state index contributed by atoms with van der Waals surface area (Å²) >= 11 is 6.01. The molecule has 8 nitrogen and oxygen atoms in total. The lowest BCUT2D eigenvalue weighted by Crippen LogP contribution is -2.31. The molecule has 2 heterocycles. The lowest BCUT2D eigenvalue weighted by atomic mass is 10.2. The van der Waals surface area contributed by atoms with E-state index in [4.69, 9.17) is 16.3 Å². The Hall–Kier alpha value is -3.91. The van der Waals surface area contributed by atoms with E-state index in [1.807, 2.05) is 38.1 Å². The Bertz CT molecular complexity index is 1440. The minimum atomic E-state index is -0.425. The third-order valence-corrected chi connectivity index (χ3v) is 5.45. The third kappa shape index (κ3) is 4.51. The highest BCUT2D eigenvalue weighted by Gasteiger charge is 2.15. The fraction of sp³-hybridized carbons (Fsp3) is 0.167. The number of nitrogens with zero attached hydrogens (tertiary/aromatic N) is 4. The molecule has 1 N–H and O–H groups in total. The first-order chi connectivity index (χ1) is 15.9. The van der Waals surface area contributed by atoms with Crippen LogP contribution in [0.4, 0.5) is 0 Å². The number of ether oxygens (including phenoxy) is 1. The largest absolute Gasteiger partial charge is 0.482 e. The molecule has 0 spiro atoms. The van der Waals surface area contributed by atoms with E-state index in [-0.39, 0.29) is 12.2 Å². The summed E-state index contributed by atoms with van der Waals surface area (Å²) in [7, 11) is 0. The first-order valence-corrected chi connectivity index (χ1v) is 10.6. The number of para-hydroxylation sites is 2. The van der Waals surface area contributed by atoms with Crippen molar-refractivity contribution in [1.29, 1.82) is 0 Å². The monoisotopic (exact) mass is 463 g/mol. The first-order valence-electron chi connectivity index (χ1n) is 10.2. The Kier molecular flexibility index (Phi) is 6.28. The van der Waals surface area contributed by atoms with Gasteiger partial charge in [-0.1, -0.05) is 35.9 Å². The number of benzene rings is 2. The minimum Gasteiger partial charge on any atom is -0.482 e. The van der Waals surface area contributed by atoms with Crippen LogP contribution in [0, 0.1) is 20.8 Å². The maximum Gasteiger partial charge on any atom is 0.280 e. The average Bonchev–Trinajstić information content (AvgIpc) is 3.06. The molecule has 2 aromatic carbocycles. The topological polar surface area (TPSA) is 90.5 Å². The zero-order valence-electron chi connectivity index (χ0n) is 18.4. The number of nitrogens with one attached hydrogen (secondary N) is 1. The molecular weight excluding hydrogens is 442 g/mol. The molecule has 0 saturated carbocycles. The van der Waals surface area contributed by atoms with Gasteiger partial charge in [0.25, 0.3) is 11.5 Å². The second-order valence-electron chi connectivity index (χ2n) is 7.44. The molecule has 2 aromatic heterocycles. The summed E-state index contributed by atoms with van der Waals surface area (Å²) in [5.74, 6) is 0.562. The van der Waals surface area contributed by atoms with Gasteiger partial charge < -0.3 is 4.74 Å². The van der Waals surface area contributed by atoms with Crippen LogP contribution in [0.1, 0.15) is 22.8 Å². The molecule has 0 fully saturated rings.